The average Bonchev–Trinajstić information content (AvgIpc) is 2.62. The summed E-state index contributed by atoms with van der Waals surface area (Å²) in [6, 6.07) is 1.77. The van der Waals surface area contributed by atoms with Crippen LogP contribution in [-0.4, -0.2) is 77.9 Å². The Kier molecular flexibility index (Phi) is 4.94. The molecule has 8 heteroatoms. The Morgan fingerprint density at radius 1 is 1.08 bits per heavy atom. The van der Waals surface area contributed by atoms with Gasteiger partial charge in [-0.3, -0.25) is 9.59 Å². The topological polar surface area (TPSA) is 95.7 Å². The molecule has 2 amide bonds. The van der Waals surface area contributed by atoms with E-state index in [0.717, 1.165) is 32.0 Å². The maximum Gasteiger partial charge on any atom is 0.272 e. The van der Waals surface area contributed by atoms with E-state index in [0.29, 0.717) is 31.6 Å². The van der Waals surface area contributed by atoms with E-state index in [2.05, 4.69) is 26.8 Å². The van der Waals surface area contributed by atoms with Gasteiger partial charge in [0.15, 0.2) is 0 Å². The molecule has 0 aliphatic carbocycles. The van der Waals surface area contributed by atoms with Gasteiger partial charge in [0.05, 0.1) is 0 Å². The number of piperidine rings is 1. The first-order valence-corrected chi connectivity index (χ1v) is 8.38. The molecule has 0 unspecified atom stereocenters. The third-order valence-corrected chi connectivity index (χ3v) is 4.88. The number of rotatable bonds is 3. The van der Waals surface area contributed by atoms with Gasteiger partial charge in [-0.15, -0.1) is 0 Å². The van der Waals surface area contributed by atoms with Gasteiger partial charge in [0, 0.05) is 51.3 Å². The first-order chi connectivity index (χ1) is 11.5. The molecule has 3 rings (SSSR count). The number of nitrogens with zero attached hydrogens (tertiary/aromatic N) is 5. The summed E-state index contributed by atoms with van der Waals surface area (Å²) in [5.74, 6) is 0.297. The van der Waals surface area contributed by atoms with Gasteiger partial charge in [0.2, 0.25) is 5.91 Å². The molecule has 2 saturated heterocycles. The van der Waals surface area contributed by atoms with Crippen molar-refractivity contribution in [2.75, 3.05) is 51.2 Å². The minimum absolute atomic E-state index is 0.101. The number of aromatic nitrogens is 2. The maximum atomic E-state index is 12.7. The van der Waals surface area contributed by atoms with Gasteiger partial charge in [-0.25, -0.2) is 9.97 Å². The number of likely N-dealkylation sites (tertiary alicyclic amines) is 1. The lowest BCUT2D eigenvalue weighted by Crippen LogP contribution is -2.45. The summed E-state index contributed by atoms with van der Waals surface area (Å²) in [6.07, 6.45) is 2.70. The fourth-order valence-corrected chi connectivity index (χ4v) is 3.20. The minimum Gasteiger partial charge on any atom is -0.369 e. The van der Waals surface area contributed by atoms with Crippen LogP contribution in [0.25, 0.3) is 0 Å². The zero-order chi connectivity index (χ0) is 17.1. The van der Waals surface area contributed by atoms with Crippen LogP contribution in [0.15, 0.2) is 12.4 Å². The normalized spacial score (nSPS) is 20.2. The van der Waals surface area contributed by atoms with Crippen molar-refractivity contribution in [2.24, 2.45) is 11.7 Å². The maximum absolute atomic E-state index is 12.7. The number of piperazine rings is 1. The molecule has 2 N–H and O–H groups in total. The van der Waals surface area contributed by atoms with Gasteiger partial charge in [-0.2, -0.15) is 0 Å². The van der Waals surface area contributed by atoms with Gasteiger partial charge in [-0.1, -0.05) is 0 Å². The number of likely N-dealkylation sites (N-methyl/N-ethyl adjacent to an activating group) is 1. The molecule has 0 saturated carbocycles. The van der Waals surface area contributed by atoms with E-state index in [-0.39, 0.29) is 17.7 Å². The second kappa shape index (κ2) is 7.12. The highest BCUT2D eigenvalue weighted by molar-refractivity contribution is 5.93. The number of hydrogen-bond acceptors (Lipinski definition) is 6. The lowest BCUT2D eigenvalue weighted by Gasteiger charge is -2.33. The van der Waals surface area contributed by atoms with Crippen LogP contribution in [0.1, 0.15) is 23.3 Å². The minimum atomic E-state index is -0.276. The van der Waals surface area contributed by atoms with Crippen molar-refractivity contribution in [3.63, 3.8) is 0 Å². The van der Waals surface area contributed by atoms with Crippen LogP contribution in [0, 0.1) is 5.92 Å². The summed E-state index contributed by atoms with van der Waals surface area (Å²) in [6.45, 7) is 4.83. The van der Waals surface area contributed by atoms with E-state index in [1.807, 2.05) is 0 Å². The molecular formula is C16H24N6O2. The van der Waals surface area contributed by atoms with Gasteiger partial charge in [-0.05, 0) is 19.9 Å². The Balaban J connectivity index is 1.65. The zero-order valence-corrected chi connectivity index (χ0v) is 14.0. The molecule has 130 valence electrons. The summed E-state index contributed by atoms with van der Waals surface area (Å²) >= 11 is 0. The predicted octanol–water partition coefficient (Wildman–Crippen LogP) is -0.434. The van der Waals surface area contributed by atoms with Crippen molar-refractivity contribution in [3.8, 4) is 0 Å². The summed E-state index contributed by atoms with van der Waals surface area (Å²) in [4.78, 5) is 38.5. The fraction of sp³-hybridized carbons (Fsp3) is 0.625. The van der Waals surface area contributed by atoms with E-state index < -0.39 is 0 Å². The average molecular weight is 332 g/mol. The SMILES string of the molecule is CN1CCN(c2cc(C(=O)N3CCC(C(N)=O)CC3)ncn2)CC1. The molecule has 2 fully saturated rings. The Morgan fingerprint density at radius 3 is 2.38 bits per heavy atom. The highest BCUT2D eigenvalue weighted by Gasteiger charge is 2.27. The van der Waals surface area contributed by atoms with Crippen molar-refractivity contribution in [3.05, 3.63) is 18.1 Å². The van der Waals surface area contributed by atoms with E-state index >= 15 is 0 Å². The van der Waals surface area contributed by atoms with Crippen molar-refractivity contribution >= 4 is 17.6 Å². The highest BCUT2D eigenvalue weighted by atomic mass is 16.2. The van der Waals surface area contributed by atoms with Gasteiger partial charge >= 0.3 is 0 Å². The Hall–Kier alpha value is -2.22. The van der Waals surface area contributed by atoms with Crippen molar-refractivity contribution < 1.29 is 9.59 Å². The number of carbonyl (C=O) groups is 2. The molecule has 1 aromatic heterocycles. The lowest BCUT2D eigenvalue weighted by molar-refractivity contribution is -0.123. The summed E-state index contributed by atoms with van der Waals surface area (Å²) in [5, 5.41) is 0. The largest absolute Gasteiger partial charge is 0.369 e. The second-order valence-corrected chi connectivity index (χ2v) is 6.52. The molecule has 3 heterocycles. The quantitative estimate of drug-likeness (QED) is 0.807. The van der Waals surface area contributed by atoms with Gasteiger partial charge in [0.1, 0.15) is 17.8 Å². The number of carbonyl (C=O) groups excluding carboxylic acids is 2. The molecule has 2 aliphatic rings. The number of anilines is 1. The van der Waals surface area contributed by atoms with Crippen molar-refractivity contribution in [1.82, 2.24) is 19.8 Å². The standard InChI is InChI=1S/C16H24N6O2/c1-20-6-8-21(9-7-20)14-10-13(18-11-19-14)16(24)22-4-2-12(3-5-22)15(17)23/h10-12H,2-9H2,1H3,(H2,17,23). The highest BCUT2D eigenvalue weighted by Crippen LogP contribution is 2.19. The first kappa shape index (κ1) is 16.6. The number of nitrogens with two attached hydrogens (primary N) is 1. The van der Waals surface area contributed by atoms with Crippen LogP contribution in [0.4, 0.5) is 5.82 Å². The number of amides is 2. The lowest BCUT2D eigenvalue weighted by atomic mass is 9.96. The predicted molar refractivity (Wildman–Crippen MR) is 89.6 cm³/mol. The fourth-order valence-electron chi connectivity index (χ4n) is 3.20. The van der Waals surface area contributed by atoms with E-state index in [1.165, 1.54) is 6.33 Å². The molecule has 0 aromatic carbocycles. The molecule has 0 spiro atoms. The van der Waals surface area contributed by atoms with Crippen LogP contribution < -0.4 is 10.6 Å². The first-order valence-electron chi connectivity index (χ1n) is 8.38. The van der Waals surface area contributed by atoms with Crippen molar-refractivity contribution in [2.45, 2.75) is 12.8 Å². The van der Waals surface area contributed by atoms with Crippen LogP contribution in [0.5, 0.6) is 0 Å². The Labute approximate surface area is 141 Å². The second-order valence-electron chi connectivity index (χ2n) is 6.52. The molecule has 24 heavy (non-hydrogen) atoms. The Bertz CT molecular complexity index is 606. The molecular weight excluding hydrogens is 308 g/mol. The van der Waals surface area contributed by atoms with E-state index in [1.54, 1.807) is 11.0 Å². The molecule has 0 radical (unpaired) electrons. The zero-order valence-electron chi connectivity index (χ0n) is 14.0. The molecule has 0 atom stereocenters. The third kappa shape index (κ3) is 3.64. The van der Waals surface area contributed by atoms with Crippen LogP contribution in [-0.2, 0) is 4.79 Å². The summed E-state index contributed by atoms with van der Waals surface area (Å²) < 4.78 is 0. The van der Waals surface area contributed by atoms with Crippen LogP contribution >= 0.6 is 0 Å². The monoisotopic (exact) mass is 332 g/mol. The van der Waals surface area contributed by atoms with Gasteiger partial charge < -0.3 is 20.4 Å². The summed E-state index contributed by atoms with van der Waals surface area (Å²) in [5.41, 5.74) is 5.75. The van der Waals surface area contributed by atoms with Crippen LogP contribution in [0.2, 0.25) is 0 Å². The van der Waals surface area contributed by atoms with Crippen LogP contribution in [0.3, 0.4) is 0 Å². The number of primary amides is 1. The van der Waals surface area contributed by atoms with E-state index in [9.17, 15) is 9.59 Å². The van der Waals surface area contributed by atoms with E-state index in [4.69, 9.17) is 5.73 Å². The molecule has 2 aliphatic heterocycles. The number of hydrogen-bond donors (Lipinski definition) is 1. The Morgan fingerprint density at radius 2 is 1.75 bits per heavy atom. The molecule has 8 nitrogen and oxygen atoms in total. The summed E-state index contributed by atoms with van der Waals surface area (Å²) in [7, 11) is 2.10. The third-order valence-electron chi connectivity index (χ3n) is 4.88. The van der Waals surface area contributed by atoms with Gasteiger partial charge in [0.25, 0.3) is 5.91 Å². The molecule has 0 bridgehead atoms. The van der Waals surface area contributed by atoms with Crippen molar-refractivity contribution in [1.29, 1.82) is 0 Å². The smallest absolute Gasteiger partial charge is 0.272 e. The molecule has 1 aromatic rings.